The Morgan fingerprint density at radius 3 is 2.78 bits per heavy atom. The third kappa shape index (κ3) is 3.13. The smallest absolute Gasteiger partial charge is 0.253 e. The number of hydrogen-bond acceptors (Lipinski definition) is 2. The van der Waals surface area contributed by atoms with Crippen LogP contribution in [0.5, 0.6) is 0 Å². The number of nitrogens with zero attached hydrogens (tertiary/aromatic N) is 1. The Morgan fingerprint density at radius 1 is 1.30 bits per heavy atom. The first-order valence-electron chi connectivity index (χ1n) is 8.50. The lowest BCUT2D eigenvalue weighted by atomic mass is 9.86. The number of rotatable bonds is 3. The molecule has 1 amide bonds. The van der Waals surface area contributed by atoms with Crippen molar-refractivity contribution in [2.45, 2.75) is 45.6 Å². The Hall–Kier alpha value is -1.81. The maximum absolute atomic E-state index is 12.7. The molecule has 1 aliphatic carbocycles. The first-order valence-corrected chi connectivity index (χ1v) is 8.50. The molecule has 1 fully saturated rings. The molecule has 0 radical (unpaired) electrons. The molecule has 2 unspecified atom stereocenters. The summed E-state index contributed by atoms with van der Waals surface area (Å²) in [6.07, 6.45) is 3.85. The van der Waals surface area contributed by atoms with Crippen molar-refractivity contribution in [3.05, 3.63) is 35.0 Å². The summed E-state index contributed by atoms with van der Waals surface area (Å²) in [6, 6.07) is 5.84. The van der Waals surface area contributed by atoms with Crippen LogP contribution in [0.3, 0.4) is 0 Å². The highest BCUT2D eigenvalue weighted by molar-refractivity contribution is 5.98. The Morgan fingerprint density at radius 2 is 2.04 bits per heavy atom. The zero-order valence-electron chi connectivity index (χ0n) is 14.2. The van der Waals surface area contributed by atoms with E-state index in [-0.39, 0.29) is 17.9 Å². The molecule has 2 aromatic rings. The van der Waals surface area contributed by atoms with Gasteiger partial charge < -0.3 is 15.0 Å². The summed E-state index contributed by atoms with van der Waals surface area (Å²) < 4.78 is 0. The summed E-state index contributed by atoms with van der Waals surface area (Å²) >= 11 is 0. The molecule has 2 atom stereocenters. The second-order valence-electron chi connectivity index (χ2n) is 6.93. The first kappa shape index (κ1) is 16.1. The van der Waals surface area contributed by atoms with Crippen LogP contribution in [0.15, 0.2) is 18.2 Å². The van der Waals surface area contributed by atoms with Crippen molar-refractivity contribution in [3.8, 4) is 0 Å². The van der Waals surface area contributed by atoms with E-state index in [0.29, 0.717) is 12.1 Å². The van der Waals surface area contributed by atoms with Crippen molar-refractivity contribution in [2.75, 3.05) is 13.6 Å². The maximum Gasteiger partial charge on any atom is 0.253 e. The van der Waals surface area contributed by atoms with Crippen molar-refractivity contribution in [2.24, 2.45) is 5.92 Å². The van der Waals surface area contributed by atoms with E-state index in [4.69, 9.17) is 0 Å². The van der Waals surface area contributed by atoms with Crippen molar-refractivity contribution in [1.29, 1.82) is 0 Å². The van der Waals surface area contributed by atoms with Crippen molar-refractivity contribution < 1.29 is 9.90 Å². The van der Waals surface area contributed by atoms with E-state index in [1.807, 2.05) is 32.2 Å². The lowest BCUT2D eigenvalue weighted by molar-refractivity contribution is 0.0451. The molecule has 1 aromatic carbocycles. The largest absolute Gasteiger partial charge is 0.393 e. The lowest BCUT2D eigenvalue weighted by Crippen LogP contribution is -2.38. The Balaban J connectivity index is 1.77. The van der Waals surface area contributed by atoms with E-state index in [1.165, 1.54) is 5.56 Å². The first-order chi connectivity index (χ1) is 11.0. The monoisotopic (exact) mass is 314 g/mol. The number of aromatic amines is 1. The molecule has 4 heteroatoms. The molecule has 23 heavy (non-hydrogen) atoms. The third-order valence-electron chi connectivity index (χ3n) is 5.28. The van der Waals surface area contributed by atoms with Crippen LogP contribution in [-0.4, -0.2) is 40.6 Å². The van der Waals surface area contributed by atoms with Crippen LogP contribution in [0.1, 0.15) is 47.3 Å². The van der Waals surface area contributed by atoms with Crippen LogP contribution < -0.4 is 0 Å². The molecule has 1 aliphatic rings. The molecule has 3 rings (SSSR count). The number of H-pyrrole nitrogens is 1. The summed E-state index contributed by atoms with van der Waals surface area (Å²) in [5, 5.41) is 11.2. The molecular weight excluding hydrogens is 288 g/mol. The van der Waals surface area contributed by atoms with Gasteiger partial charge in [0.25, 0.3) is 5.91 Å². The zero-order chi connectivity index (χ0) is 16.6. The highest BCUT2D eigenvalue weighted by atomic mass is 16.3. The van der Waals surface area contributed by atoms with E-state index in [1.54, 1.807) is 4.90 Å². The van der Waals surface area contributed by atoms with Gasteiger partial charge in [0.15, 0.2) is 0 Å². The van der Waals surface area contributed by atoms with E-state index in [9.17, 15) is 9.90 Å². The molecule has 1 saturated carbocycles. The van der Waals surface area contributed by atoms with Gasteiger partial charge in [-0.15, -0.1) is 0 Å². The van der Waals surface area contributed by atoms with Crippen LogP contribution in [0.4, 0.5) is 0 Å². The summed E-state index contributed by atoms with van der Waals surface area (Å²) in [5.74, 6) is 0.237. The van der Waals surface area contributed by atoms with Crippen LogP contribution in [-0.2, 0) is 0 Å². The van der Waals surface area contributed by atoms with E-state index in [0.717, 1.165) is 42.3 Å². The van der Waals surface area contributed by atoms with E-state index < -0.39 is 0 Å². The van der Waals surface area contributed by atoms with Crippen molar-refractivity contribution in [3.63, 3.8) is 0 Å². The Bertz CT molecular complexity index is 719. The van der Waals surface area contributed by atoms with Crippen LogP contribution in [0, 0.1) is 19.8 Å². The number of amides is 1. The fourth-order valence-electron chi connectivity index (χ4n) is 3.65. The van der Waals surface area contributed by atoms with Gasteiger partial charge in [0, 0.05) is 41.7 Å². The zero-order valence-corrected chi connectivity index (χ0v) is 14.2. The van der Waals surface area contributed by atoms with Gasteiger partial charge in [-0.25, -0.2) is 0 Å². The molecule has 0 saturated heterocycles. The molecule has 2 N–H and O–H groups in total. The normalized spacial score (nSPS) is 21.6. The SMILES string of the molecule is Cc1[nH]c2ccc(C(=O)N(C)CC3CCCCC3O)cc2c1C. The van der Waals surface area contributed by atoms with Crippen LogP contribution >= 0.6 is 0 Å². The van der Waals surface area contributed by atoms with Crippen molar-refractivity contribution in [1.82, 2.24) is 9.88 Å². The summed E-state index contributed by atoms with van der Waals surface area (Å²) in [4.78, 5) is 17.8. The van der Waals surface area contributed by atoms with Gasteiger partial charge in [0.2, 0.25) is 0 Å². The molecule has 4 nitrogen and oxygen atoms in total. The average molecular weight is 314 g/mol. The van der Waals surface area contributed by atoms with Crippen LogP contribution in [0.25, 0.3) is 10.9 Å². The molecular formula is C19H26N2O2. The highest BCUT2D eigenvalue weighted by Crippen LogP contribution is 2.26. The minimum absolute atomic E-state index is 0.0305. The summed E-state index contributed by atoms with van der Waals surface area (Å²) in [5.41, 5.74) is 4.12. The van der Waals surface area contributed by atoms with Gasteiger partial charge in [-0.1, -0.05) is 12.8 Å². The van der Waals surface area contributed by atoms with Gasteiger partial charge in [0.1, 0.15) is 0 Å². The third-order valence-corrected chi connectivity index (χ3v) is 5.28. The number of aliphatic hydroxyl groups excluding tert-OH is 1. The molecule has 0 bridgehead atoms. The number of aromatic nitrogens is 1. The quantitative estimate of drug-likeness (QED) is 0.912. The summed E-state index contributed by atoms with van der Waals surface area (Å²) in [7, 11) is 1.84. The second-order valence-corrected chi connectivity index (χ2v) is 6.93. The molecule has 0 spiro atoms. The predicted octanol–water partition coefficient (Wildman–Crippen LogP) is 3.41. The Labute approximate surface area is 137 Å². The number of fused-ring (bicyclic) bond motifs is 1. The van der Waals surface area contributed by atoms with Crippen LogP contribution in [0.2, 0.25) is 0 Å². The second kappa shape index (κ2) is 6.36. The van der Waals surface area contributed by atoms with Gasteiger partial charge in [0.05, 0.1) is 6.10 Å². The number of carbonyl (C=O) groups excluding carboxylic acids is 1. The maximum atomic E-state index is 12.7. The Kier molecular flexibility index (Phi) is 4.44. The van der Waals surface area contributed by atoms with E-state index in [2.05, 4.69) is 11.9 Å². The number of aryl methyl sites for hydroxylation is 2. The highest BCUT2D eigenvalue weighted by Gasteiger charge is 2.26. The topological polar surface area (TPSA) is 56.3 Å². The fraction of sp³-hybridized carbons (Fsp3) is 0.526. The number of benzene rings is 1. The number of nitrogens with one attached hydrogen (secondary N) is 1. The standard InChI is InChI=1S/C19H26N2O2/c1-12-13(2)20-17-9-8-14(10-16(12)17)19(23)21(3)11-15-6-4-5-7-18(15)22/h8-10,15,18,20,22H,4-7,11H2,1-3H3. The minimum Gasteiger partial charge on any atom is -0.393 e. The molecule has 0 aliphatic heterocycles. The molecule has 1 aromatic heterocycles. The van der Waals surface area contributed by atoms with Gasteiger partial charge in [-0.3, -0.25) is 4.79 Å². The fourth-order valence-corrected chi connectivity index (χ4v) is 3.65. The van der Waals surface area contributed by atoms with Gasteiger partial charge >= 0.3 is 0 Å². The lowest BCUT2D eigenvalue weighted by Gasteiger charge is -2.31. The summed E-state index contributed by atoms with van der Waals surface area (Å²) in [6.45, 7) is 4.75. The molecule has 124 valence electrons. The minimum atomic E-state index is -0.268. The van der Waals surface area contributed by atoms with Gasteiger partial charge in [-0.05, 0) is 50.5 Å². The number of aliphatic hydroxyl groups is 1. The predicted molar refractivity (Wildman–Crippen MR) is 92.7 cm³/mol. The number of hydrogen-bond donors (Lipinski definition) is 2. The van der Waals surface area contributed by atoms with E-state index >= 15 is 0 Å². The number of carbonyl (C=O) groups is 1. The molecule has 1 heterocycles. The van der Waals surface area contributed by atoms with Gasteiger partial charge in [-0.2, -0.15) is 0 Å². The average Bonchev–Trinajstić information content (AvgIpc) is 2.83. The van der Waals surface area contributed by atoms with Crippen molar-refractivity contribution >= 4 is 16.8 Å².